The van der Waals surface area contributed by atoms with Crippen molar-refractivity contribution in [3.8, 4) is 11.8 Å². The molecule has 2 heteroatoms. The topological polar surface area (TPSA) is 0 Å². The number of unbranched alkanes of at least 4 members (excludes halogenated alkanes) is 4. The highest BCUT2D eigenvalue weighted by Crippen LogP contribution is 2.42. The number of halogens is 2. The van der Waals surface area contributed by atoms with Gasteiger partial charge in [-0.15, -0.1) is 0 Å². The number of alkyl halides is 2. The Morgan fingerprint density at radius 3 is 1.86 bits per heavy atom. The molecule has 3 aliphatic carbocycles. The van der Waals surface area contributed by atoms with Crippen molar-refractivity contribution in [3.05, 3.63) is 0 Å². The van der Waals surface area contributed by atoms with Gasteiger partial charge in [-0.3, -0.25) is 0 Å². The molecule has 0 aliphatic heterocycles. The Balaban J connectivity index is 1.30. The van der Waals surface area contributed by atoms with Crippen LogP contribution < -0.4 is 0 Å². The maximum absolute atomic E-state index is 13.6. The van der Waals surface area contributed by atoms with Gasteiger partial charge in [0.1, 0.15) is 12.3 Å². The zero-order chi connectivity index (χ0) is 20.5. The lowest BCUT2D eigenvalue weighted by atomic mass is 9.68. The molecule has 0 bridgehead atoms. The van der Waals surface area contributed by atoms with E-state index in [1.54, 1.807) is 0 Å². The van der Waals surface area contributed by atoms with E-state index in [0.29, 0.717) is 18.8 Å². The molecule has 3 rings (SSSR count). The predicted octanol–water partition coefficient (Wildman–Crippen LogP) is 8.44. The monoisotopic (exact) mass is 406 g/mol. The molecular weight excluding hydrogens is 362 g/mol. The second-order valence-electron chi connectivity index (χ2n) is 10.4. The third kappa shape index (κ3) is 7.56. The van der Waals surface area contributed by atoms with Gasteiger partial charge in [-0.05, 0) is 75.5 Å². The molecule has 3 atom stereocenters. The zero-order valence-electron chi connectivity index (χ0n) is 18.8. The second kappa shape index (κ2) is 12.3. The number of hydrogen-bond acceptors (Lipinski definition) is 0. The van der Waals surface area contributed by atoms with Crippen molar-refractivity contribution < 1.29 is 8.78 Å². The fourth-order valence-electron chi connectivity index (χ4n) is 6.17. The largest absolute Gasteiger partial charge is 0.244 e. The lowest BCUT2D eigenvalue weighted by molar-refractivity contribution is 0.104. The average Bonchev–Trinajstić information content (AvgIpc) is 2.75. The molecule has 0 nitrogen and oxygen atoms in total. The maximum Gasteiger partial charge on any atom is 0.132 e. The number of rotatable bonds is 7. The van der Waals surface area contributed by atoms with Crippen LogP contribution in [0.15, 0.2) is 0 Å². The average molecular weight is 407 g/mol. The Morgan fingerprint density at radius 1 is 0.621 bits per heavy atom. The normalized spacial score (nSPS) is 38.2. The molecule has 0 N–H and O–H groups in total. The highest BCUT2D eigenvalue weighted by Gasteiger charge is 2.31. The number of hydrogen-bond donors (Lipinski definition) is 0. The van der Waals surface area contributed by atoms with E-state index in [4.69, 9.17) is 0 Å². The first kappa shape index (κ1) is 23.1. The van der Waals surface area contributed by atoms with Gasteiger partial charge in [0.2, 0.25) is 0 Å². The summed E-state index contributed by atoms with van der Waals surface area (Å²) in [7, 11) is 0. The molecule has 0 aromatic heterocycles. The van der Waals surface area contributed by atoms with E-state index in [0.717, 1.165) is 24.2 Å². The minimum absolute atomic E-state index is 0.0898. The molecule has 3 saturated carbocycles. The van der Waals surface area contributed by atoms with E-state index in [2.05, 4.69) is 18.8 Å². The Hall–Kier alpha value is -0.580. The van der Waals surface area contributed by atoms with Crippen molar-refractivity contribution in [1.82, 2.24) is 0 Å². The Labute approximate surface area is 179 Å². The van der Waals surface area contributed by atoms with Crippen LogP contribution in [0.3, 0.4) is 0 Å². The summed E-state index contributed by atoms with van der Waals surface area (Å²) >= 11 is 0. The van der Waals surface area contributed by atoms with Crippen molar-refractivity contribution in [3.63, 3.8) is 0 Å². The van der Waals surface area contributed by atoms with Gasteiger partial charge in [0.15, 0.2) is 0 Å². The summed E-state index contributed by atoms with van der Waals surface area (Å²) in [5.74, 6) is 10.3. The lowest BCUT2D eigenvalue weighted by Gasteiger charge is -2.37. The summed E-state index contributed by atoms with van der Waals surface area (Å²) in [6.45, 7) is 2.29. The van der Waals surface area contributed by atoms with Gasteiger partial charge >= 0.3 is 0 Å². The SMILES string of the molecule is CCCCCCCC1CCC(C2CCC(C#CC3CCC(F)C(F)C3)CC2)CC1. The molecule has 166 valence electrons. The van der Waals surface area contributed by atoms with E-state index in [-0.39, 0.29) is 5.92 Å². The summed E-state index contributed by atoms with van der Waals surface area (Å²) < 4.78 is 26.8. The fourth-order valence-corrected chi connectivity index (χ4v) is 6.17. The molecular formula is C27H44F2. The second-order valence-corrected chi connectivity index (χ2v) is 10.4. The molecule has 0 spiro atoms. The first-order chi connectivity index (χ1) is 14.2. The van der Waals surface area contributed by atoms with Crippen LogP contribution in [0.5, 0.6) is 0 Å². The first-order valence-corrected chi connectivity index (χ1v) is 12.9. The quantitative estimate of drug-likeness (QED) is 0.294. The van der Waals surface area contributed by atoms with Gasteiger partial charge in [0.05, 0.1) is 0 Å². The fraction of sp³-hybridized carbons (Fsp3) is 0.926. The third-order valence-corrected chi connectivity index (χ3v) is 8.23. The van der Waals surface area contributed by atoms with E-state index >= 15 is 0 Å². The Morgan fingerprint density at radius 2 is 1.21 bits per heavy atom. The molecule has 3 aliphatic rings. The molecule has 0 aromatic rings. The summed E-state index contributed by atoms with van der Waals surface area (Å²) in [5.41, 5.74) is 0. The summed E-state index contributed by atoms with van der Waals surface area (Å²) in [4.78, 5) is 0. The molecule has 0 radical (unpaired) electrons. The van der Waals surface area contributed by atoms with Gasteiger partial charge in [0, 0.05) is 11.8 Å². The van der Waals surface area contributed by atoms with E-state index in [1.165, 1.54) is 89.9 Å². The van der Waals surface area contributed by atoms with Crippen LogP contribution in [-0.4, -0.2) is 12.3 Å². The third-order valence-electron chi connectivity index (χ3n) is 8.23. The van der Waals surface area contributed by atoms with E-state index < -0.39 is 12.3 Å². The zero-order valence-corrected chi connectivity index (χ0v) is 18.8. The van der Waals surface area contributed by atoms with Crippen LogP contribution in [0, 0.1) is 41.4 Å². The lowest BCUT2D eigenvalue weighted by Crippen LogP contribution is -2.27. The van der Waals surface area contributed by atoms with Gasteiger partial charge in [-0.25, -0.2) is 8.78 Å². The van der Waals surface area contributed by atoms with Crippen molar-refractivity contribution in [2.45, 2.75) is 128 Å². The molecule has 3 fully saturated rings. The Kier molecular flexibility index (Phi) is 9.81. The van der Waals surface area contributed by atoms with Crippen molar-refractivity contribution in [1.29, 1.82) is 0 Å². The summed E-state index contributed by atoms with van der Waals surface area (Å²) in [5, 5.41) is 0. The van der Waals surface area contributed by atoms with Crippen LogP contribution in [0.4, 0.5) is 8.78 Å². The minimum Gasteiger partial charge on any atom is -0.244 e. The highest BCUT2D eigenvalue weighted by molar-refractivity contribution is 5.10. The van der Waals surface area contributed by atoms with Crippen molar-refractivity contribution >= 4 is 0 Å². The van der Waals surface area contributed by atoms with Gasteiger partial charge in [-0.1, -0.05) is 70.1 Å². The van der Waals surface area contributed by atoms with E-state index in [9.17, 15) is 8.78 Å². The molecule has 3 unspecified atom stereocenters. The van der Waals surface area contributed by atoms with E-state index in [1.807, 2.05) is 0 Å². The van der Waals surface area contributed by atoms with Crippen LogP contribution in [0.1, 0.15) is 116 Å². The van der Waals surface area contributed by atoms with Crippen LogP contribution >= 0.6 is 0 Å². The molecule has 0 aromatic carbocycles. The van der Waals surface area contributed by atoms with Crippen LogP contribution in [-0.2, 0) is 0 Å². The smallest absolute Gasteiger partial charge is 0.132 e. The van der Waals surface area contributed by atoms with Gasteiger partial charge in [-0.2, -0.15) is 0 Å². The molecule has 29 heavy (non-hydrogen) atoms. The highest BCUT2D eigenvalue weighted by atomic mass is 19.2. The molecule has 0 saturated heterocycles. The summed E-state index contributed by atoms with van der Waals surface area (Å²) in [6.07, 6.45) is 18.4. The summed E-state index contributed by atoms with van der Waals surface area (Å²) in [6, 6.07) is 0. The molecule has 0 amide bonds. The van der Waals surface area contributed by atoms with Gasteiger partial charge < -0.3 is 0 Å². The van der Waals surface area contributed by atoms with Crippen molar-refractivity contribution in [2.24, 2.45) is 29.6 Å². The van der Waals surface area contributed by atoms with Crippen molar-refractivity contribution in [2.75, 3.05) is 0 Å². The first-order valence-electron chi connectivity index (χ1n) is 12.9. The standard InChI is InChI=1S/C27H44F2/c1-2-3-4-5-6-7-21-10-15-24(16-11-21)25-17-12-22(13-18-25)8-9-23-14-19-26(28)27(29)20-23/h21-27H,2-7,10-20H2,1H3. The van der Waals surface area contributed by atoms with Gasteiger partial charge in [0.25, 0.3) is 0 Å². The van der Waals surface area contributed by atoms with Crippen LogP contribution in [0.25, 0.3) is 0 Å². The Bertz CT molecular complexity index is 502. The van der Waals surface area contributed by atoms with Crippen LogP contribution in [0.2, 0.25) is 0 Å². The maximum atomic E-state index is 13.6. The minimum atomic E-state index is -1.29. The molecule has 0 heterocycles. The predicted molar refractivity (Wildman–Crippen MR) is 119 cm³/mol.